The lowest BCUT2D eigenvalue weighted by atomic mass is 10.1. The molecule has 0 fully saturated rings. The van der Waals surface area contributed by atoms with Crippen molar-refractivity contribution in [3.8, 4) is 11.6 Å². The minimum atomic E-state index is -1.18. The molecule has 1 aromatic carbocycles. The van der Waals surface area contributed by atoms with Crippen LogP contribution in [0.4, 0.5) is 0 Å². The van der Waals surface area contributed by atoms with E-state index in [1.54, 1.807) is 24.3 Å². The molecule has 0 aliphatic heterocycles. The van der Waals surface area contributed by atoms with Gasteiger partial charge in [0.25, 0.3) is 5.91 Å². The van der Waals surface area contributed by atoms with E-state index in [2.05, 4.69) is 10.3 Å². The normalized spacial score (nSPS) is 12.7. The highest BCUT2D eigenvalue weighted by molar-refractivity contribution is 5.97. The smallest absolute Gasteiger partial charge is 0.330 e. The second kappa shape index (κ2) is 8.84. The van der Waals surface area contributed by atoms with Crippen LogP contribution in [-0.2, 0) is 4.79 Å². The number of carbonyl (C=O) groups excluding carboxylic acids is 1. The van der Waals surface area contributed by atoms with Crippen molar-refractivity contribution in [1.29, 1.82) is 0 Å². The van der Waals surface area contributed by atoms with Gasteiger partial charge in [-0.2, -0.15) is 0 Å². The maximum atomic E-state index is 12.5. The number of nitrogens with zero attached hydrogens (tertiary/aromatic N) is 1. The Balaban J connectivity index is 2.17. The lowest BCUT2D eigenvalue weighted by molar-refractivity contribution is -0.139. The number of methoxy groups -OCH3 is 1. The lowest BCUT2D eigenvalue weighted by Gasteiger charge is -2.16. The van der Waals surface area contributed by atoms with Crippen LogP contribution in [-0.4, -0.2) is 35.2 Å². The van der Waals surface area contributed by atoms with Crippen molar-refractivity contribution in [2.75, 3.05) is 7.11 Å². The summed E-state index contributed by atoms with van der Waals surface area (Å²) in [5.41, 5.74) is 0.717. The van der Waals surface area contributed by atoms with Crippen LogP contribution >= 0.6 is 0 Å². The van der Waals surface area contributed by atoms with Crippen molar-refractivity contribution in [1.82, 2.24) is 10.3 Å². The maximum Gasteiger partial charge on any atom is 0.330 e. The quantitative estimate of drug-likeness (QED) is 0.753. The fourth-order valence-electron chi connectivity index (χ4n) is 2.20. The van der Waals surface area contributed by atoms with Gasteiger partial charge in [-0.3, -0.25) is 4.79 Å². The number of carbonyl (C=O) groups is 2. The Morgan fingerprint density at radius 2 is 1.92 bits per heavy atom. The van der Waals surface area contributed by atoms with Crippen LogP contribution in [0.25, 0.3) is 0 Å². The monoisotopic (exact) mass is 358 g/mol. The number of hydrogen-bond acceptors (Lipinski definition) is 5. The number of rotatable bonds is 8. The lowest BCUT2D eigenvalue weighted by Crippen LogP contribution is -2.33. The zero-order chi connectivity index (χ0) is 19.1. The summed E-state index contributed by atoms with van der Waals surface area (Å²) in [6, 6.07) is 8.30. The van der Waals surface area contributed by atoms with E-state index >= 15 is 0 Å². The van der Waals surface area contributed by atoms with Gasteiger partial charge in [0.1, 0.15) is 5.75 Å². The predicted molar refractivity (Wildman–Crippen MR) is 95.5 cm³/mol. The van der Waals surface area contributed by atoms with Crippen LogP contribution < -0.4 is 14.8 Å². The van der Waals surface area contributed by atoms with Crippen LogP contribution in [0.3, 0.4) is 0 Å². The fraction of sp³-hybridized carbons (Fsp3) is 0.316. The molecular formula is C19H22N2O5. The van der Waals surface area contributed by atoms with E-state index in [1.165, 1.54) is 25.4 Å². The number of amides is 1. The molecule has 0 aliphatic rings. The molecule has 7 nitrogen and oxygen atoms in total. The van der Waals surface area contributed by atoms with Gasteiger partial charge in [0.05, 0.1) is 13.2 Å². The third kappa shape index (κ3) is 4.95. The van der Waals surface area contributed by atoms with Crippen LogP contribution in [0.5, 0.6) is 11.6 Å². The van der Waals surface area contributed by atoms with Gasteiger partial charge in [0.15, 0.2) is 6.04 Å². The van der Waals surface area contributed by atoms with E-state index in [1.807, 2.05) is 13.8 Å². The van der Waals surface area contributed by atoms with E-state index < -0.39 is 17.9 Å². The number of pyridine rings is 1. The number of hydrogen-bond donors (Lipinski definition) is 2. The standard InChI is InChI=1S/C19H22N2O5/c1-4-12(2)26-16-11-14(9-10-20-16)18(22)21-17(19(23)24)13-5-7-15(25-3)8-6-13/h5-12,17H,4H2,1-3H3,(H,21,22)(H,23,24). The molecule has 0 aliphatic carbocycles. The first-order chi connectivity index (χ1) is 12.4. The topological polar surface area (TPSA) is 97.8 Å². The number of carboxylic acid groups (broad SMARTS) is 1. The Morgan fingerprint density at radius 1 is 1.23 bits per heavy atom. The Bertz CT molecular complexity index is 761. The third-order valence-corrected chi connectivity index (χ3v) is 3.87. The molecular weight excluding hydrogens is 336 g/mol. The van der Waals surface area contributed by atoms with Crippen LogP contribution in [0, 0.1) is 0 Å². The molecule has 1 amide bonds. The van der Waals surface area contributed by atoms with Gasteiger partial charge >= 0.3 is 5.97 Å². The van der Waals surface area contributed by atoms with Crippen molar-refractivity contribution in [3.63, 3.8) is 0 Å². The summed E-state index contributed by atoms with van der Waals surface area (Å²) in [5.74, 6) is -0.758. The van der Waals surface area contributed by atoms with Crippen molar-refractivity contribution >= 4 is 11.9 Å². The Labute approximate surface area is 152 Å². The predicted octanol–water partition coefficient (Wildman–Crippen LogP) is 2.82. The Kier molecular flexibility index (Phi) is 6.54. The number of benzene rings is 1. The van der Waals surface area contributed by atoms with Crippen LogP contribution in [0.2, 0.25) is 0 Å². The summed E-state index contributed by atoms with van der Waals surface area (Å²) in [7, 11) is 1.52. The van der Waals surface area contributed by atoms with Crippen molar-refractivity contribution in [3.05, 3.63) is 53.7 Å². The maximum absolute atomic E-state index is 12.5. The van der Waals surface area contributed by atoms with Gasteiger partial charge in [-0.25, -0.2) is 9.78 Å². The second-order valence-corrected chi connectivity index (χ2v) is 5.74. The van der Waals surface area contributed by atoms with Gasteiger partial charge in [0, 0.05) is 17.8 Å². The SMILES string of the molecule is CCC(C)Oc1cc(C(=O)NC(C(=O)O)c2ccc(OC)cc2)ccn1. The summed E-state index contributed by atoms with van der Waals surface area (Å²) in [6.45, 7) is 3.88. The Morgan fingerprint density at radius 3 is 2.50 bits per heavy atom. The fourth-order valence-corrected chi connectivity index (χ4v) is 2.20. The molecule has 0 radical (unpaired) electrons. The minimum absolute atomic E-state index is 0.0353. The van der Waals surface area contributed by atoms with Gasteiger partial charge in [-0.05, 0) is 37.1 Å². The van der Waals surface area contributed by atoms with Crippen LogP contribution in [0.15, 0.2) is 42.6 Å². The number of aliphatic carboxylic acids is 1. The largest absolute Gasteiger partial charge is 0.497 e. The van der Waals surface area contributed by atoms with E-state index in [4.69, 9.17) is 9.47 Å². The summed E-state index contributed by atoms with van der Waals surface area (Å²) in [4.78, 5) is 28.1. The van der Waals surface area contributed by atoms with Gasteiger partial charge in [-0.1, -0.05) is 19.1 Å². The number of carboxylic acids is 1. The average molecular weight is 358 g/mol. The molecule has 2 aromatic rings. The number of aromatic nitrogens is 1. The number of nitrogens with one attached hydrogen (secondary N) is 1. The molecule has 138 valence electrons. The first-order valence-electron chi connectivity index (χ1n) is 8.25. The van der Waals surface area contributed by atoms with Gasteiger partial charge in [0.2, 0.25) is 5.88 Å². The second-order valence-electron chi connectivity index (χ2n) is 5.74. The van der Waals surface area contributed by atoms with Crippen molar-refractivity contribution < 1.29 is 24.2 Å². The summed E-state index contributed by atoms with van der Waals surface area (Å²) in [5, 5.41) is 12.0. The summed E-state index contributed by atoms with van der Waals surface area (Å²) >= 11 is 0. The molecule has 7 heteroatoms. The minimum Gasteiger partial charge on any atom is -0.497 e. The molecule has 1 aromatic heterocycles. The highest BCUT2D eigenvalue weighted by atomic mass is 16.5. The molecule has 0 saturated carbocycles. The molecule has 2 unspecified atom stereocenters. The highest BCUT2D eigenvalue weighted by Crippen LogP contribution is 2.19. The molecule has 0 bridgehead atoms. The number of ether oxygens (including phenoxy) is 2. The molecule has 0 saturated heterocycles. The first kappa shape index (κ1) is 19.2. The molecule has 26 heavy (non-hydrogen) atoms. The molecule has 2 rings (SSSR count). The van der Waals surface area contributed by atoms with Gasteiger partial charge in [-0.15, -0.1) is 0 Å². The third-order valence-electron chi connectivity index (χ3n) is 3.87. The van der Waals surface area contributed by atoms with Crippen molar-refractivity contribution in [2.24, 2.45) is 0 Å². The zero-order valence-electron chi connectivity index (χ0n) is 14.9. The first-order valence-corrected chi connectivity index (χ1v) is 8.25. The van der Waals surface area contributed by atoms with Gasteiger partial charge < -0.3 is 19.9 Å². The average Bonchev–Trinajstić information content (AvgIpc) is 2.66. The summed E-state index contributed by atoms with van der Waals surface area (Å²) in [6.07, 6.45) is 2.22. The van der Waals surface area contributed by atoms with Crippen LogP contribution in [0.1, 0.15) is 42.2 Å². The Hall–Kier alpha value is -3.09. The summed E-state index contributed by atoms with van der Waals surface area (Å²) < 4.78 is 10.7. The van der Waals surface area contributed by atoms with E-state index in [0.29, 0.717) is 17.2 Å². The molecule has 1 heterocycles. The molecule has 0 spiro atoms. The van der Waals surface area contributed by atoms with Crippen molar-refractivity contribution in [2.45, 2.75) is 32.4 Å². The highest BCUT2D eigenvalue weighted by Gasteiger charge is 2.23. The molecule has 2 N–H and O–H groups in total. The van der Waals surface area contributed by atoms with E-state index in [9.17, 15) is 14.7 Å². The molecule has 2 atom stereocenters. The van der Waals surface area contributed by atoms with E-state index in [-0.39, 0.29) is 11.7 Å². The van der Waals surface area contributed by atoms with E-state index in [0.717, 1.165) is 6.42 Å². The zero-order valence-corrected chi connectivity index (χ0v) is 14.9.